The smallest absolute Gasteiger partial charge is 0.270 e. The minimum Gasteiger partial charge on any atom is -0.270 e. The first-order valence-corrected chi connectivity index (χ1v) is 10.2. The van der Waals surface area contributed by atoms with E-state index in [0.717, 1.165) is 14.9 Å². The Hall–Kier alpha value is -3.40. The van der Waals surface area contributed by atoms with Gasteiger partial charge in [-0.3, -0.25) is 14.6 Å². The molecule has 2 heterocycles. The van der Waals surface area contributed by atoms with E-state index in [4.69, 9.17) is 0 Å². The van der Waals surface area contributed by atoms with Gasteiger partial charge in [0.25, 0.3) is 5.91 Å². The molecule has 1 saturated heterocycles. The van der Waals surface area contributed by atoms with Crippen LogP contribution < -0.4 is 5.43 Å². The first-order valence-electron chi connectivity index (χ1n) is 9.41. The van der Waals surface area contributed by atoms with Gasteiger partial charge in [-0.15, -0.1) is 5.10 Å². The Morgan fingerprint density at radius 2 is 1.81 bits per heavy atom. The molecule has 8 nitrogen and oxygen atoms in total. The third-order valence-electron chi connectivity index (χ3n) is 5.05. The monoisotopic (exact) mass is 485 g/mol. The van der Waals surface area contributed by atoms with Gasteiger partial charge >= 0.3 is 12.0 Å². The van der Waals surface area contributed by atoms with Crippen LogP contribution in [-0.2, 0) is 11.3 Å². The highest BCUT2D eigenvalue weighted by Gasteiger charge is 2.51. The maximum Gasteiger partial charge on any atom is 0.414 e. The molecule has 0 bridgehead atoms. The maximum absolute atomic E-state index is 13.1. The number of carbonyl (C=O) groups is 2. The van der Waals surface area contributed by atoms with E-state index in [9.17, 15) is 14.0 Å². The van der Waals surface area contributed by atoms with Crippen molar-refractivity contribution in [3.63, 3.8) is 0 Å². The second-order valence-electron chi connectivity index (χ2n) is 7.11. The molecule has 2 aromatic carbocycles. The van der Waals surface area contributed by atoms with E-state index < -0.39 is 12.1 Å². The highest BCUT2D eigenvalue weighted by molar-refractivity contribution is 9.10. The number of likely N-dealkylation sites (N-methyl/N-ethyl adjacent to an activating group) is 2. The van der Waals surface area contributed by atoms with Crippen LogP contribution in [0.1, 0.15) is 11.1 Å². The summed E-state index contributed by atoms with van der Waals surface area (Å²) < 4.78 is 15.8. The second kappa shape index (κ2) is 8.38. The van der Waals surface area contributed by atoms with Gasteiger partial charge in [0.1, 0.15) is 5.82 Å². The number of halogens is 2. The summed E-state index contributed by atoms with van der Waals surface area (Å²) in [6.45, 7) is 0.376. The number of carbonyl (C=O) groups excluding carboxylic acids is 2. The van der Waals surface area contributed by atoms with Crippen LogP contribution in [0, 0.1) is 5.82 Å². The summed E-state index contributed by atoms with van der Waals surface area (Å²) in [5.74, 6) is -0.0192. The Morgan fingerprint density at radius 3 is 2.48 bits per heavy atom. The Kier molecular flexibility index (Phi) is 5.64. The molecule has 0 radical (unpaired) electrons. The first-order chi connectivity index (χ1) is 14.8. The highest BCUT2D eigenvalue weighted by atomic mass is 79.9. The molecule has 2 aromatic rings. The average Bonchev–Trinajstić information content (AvgIpc) is 3.12. The van der Waals surface area contributed by atoms with Gasteiger partial charge in [-0.25, -0.2) is 13.8 Å². The number of imide groups is 1. The van der Waals surface area contributed by atoms with Gasteiger partial charge in [0.05, 0.1) is 12.8 Å². The number of urea groups is 1. The van der Waals surface area contributed by atoms with Crippen LogP contribution in [-0.4, -0.2) is 64.5 Å². The largest absolute Gasteiger partial charge is 0.414 e. The average molecular weight is 486 g/mol. The predicted molar refractivity (Wildman–Crippen MR) is 117 cm³/mol. The second-order valence-corrected chi connectivity index (χ2v) is 8.03. The maximum atomic E-state index is 13.1. The number of guanidine groups is 1. The lowest BCUT2D eigenvalue weighted by atomic mass is 10.1. The summed E-state index contributed by atoms with van der Waals surface area (Å²) >= 11 is 3.42. The van der Waals surface area contributed by atoms with E-state index >= 15 is 0 Å². The lowest BCUT2D eigenvalue weighted by Crippen LogP contribution is -2.61. The molecule has 1 fully saturated rings. The van der Waals surface area contributed by atoms with Gasteiger partial charge in [0.15, 0.2) is 0 Å². The zero-order chi connectivity index (χ0) is 22.1. The molecule has 1 atom stereocenters. The van der Waals surface area contributed by atoms with Gasteiger partial charge in [-0.1, -0.05) is 45.2 Å². The molecule has 0 aliphatic carbocycles. The number of hydrazone groups is 1. The number of fused-ring (bicyclic) bond motifs is 1. The fourth-order valence-corrected chi connectivity index (χ4v) is 3.62. The molecule has 2 aliphatic rings. The third-order valence-corrected chi connectivity index (χ3v) is 5.57. The third kappa shape index (κ3) is 4.11. The molecule has 0 saturated carbocycles. The number of benzene rings is 2. The molecule has 10 heteroatoms. The van der Waals surface area contributed by atoms with Gasteiger partial charge < -0.3 is 0 Å². The molecule has 158 valence electrons. The molecular formula is C21H19BrFN6O2+. The van der Waals surface area contributed by atoms with Crippen molar-refractivity contribution in [3.05, 3.63) is 69.9 Å². The standard InChI is InChI=1S/C21H18BrFN6O2/c1-27-18-17(19(30)28(2)21(27)31)29(12-14-3-7-15(22)8-4-14)20(25-18)26-24-11-13-5-9-16(23)10-6-13/h3-11,17H,12H2,1-2H3/p+1/b24-11+. The van der Waals surface area contributed by atoms with E-state index in [1.165, 1.54) is 30.3 Å². The number of amidine groups is 1. The summed E-state index contributed by atoms with van der Waals surface area (Å²) in [5.41, 5.74) is 4.52. The minimum absolute atomic E-state index is 0.332. The molecular weight excluding hydrogens is 467 g/mol. The summed E-state index contributed by atoms with van der Waals surface area (Å²) in [6, 6.07) is 12.4. The fraction of sp³-hybridized carbons (Fsp3) is 0.190. The number of aliphatic imine (C=N–C) groups is 1. The quantitative estimate of drug-likeness (QED) is 0.410. The van der Waals surface area contributed by atoms with Gasteiger partial charge in [0.2, 0.25) is 11.9 Å². The van der Waals surface area contributed by atoms with E-state index in [1.807, 2.05) is 24.3 Å². The van der Waals surface area contributed by atoms with Crippen molar-refractivity contribution in [2.24, 2.45) is 10.1 Å². The van der Waals surface area contributed by atoms with Crippen molar-refractivity contribution in [2.45, 2.75) is 12.6 Å². The van der Waals surface area contributed by atoms with Crippen molar-refractivity contribution in [1.82, 2.24) is 15.2 Å². The lowest BCUT2D eigenvalue weighted by molar-refractivity contribution is -0.553. The zero-order valence-corrected chi connectivity index (χ0v) is 18.4. The number of hydrogen-bond acceptors (Lipinski definition) is 5. The Bertz CT molecular complexity index is 1130. The lowest BCUT2D eigenvalue weighted by Gasteiger charge is -2.31. The molecule has 0 spiro atoms. The predicted octanol–water partition coefficient (Wildman–Crippen LogP) is 2.38. The molecule has 1 unspecified atom stereocenters. The van der Waals surface area contributed by atoms with Crippen LogP contribution >= 0.6 is 15.9 Å². The number of hydrogen-bond donors (Lipinski definition) is 1. The molecule has 4 rings (SSSR count). The van der Waals surface area contributed by atoms with E-state index in [0.29, 0.717) is 23.9 Å². The van der Waals surface area contributed by atoms with Crippen LogP contribution in [0.5, 0.6) is 0 Å². The highest BCUT2D eigenvalue weighted by Crippen LogP contribution is 2.21. The minimum atomic E-state index is -0.750. The Morgan fingerprint density at radius 1 is 1.13 bits per heavy atom. The summed E-state index contributed by atoms with van der Waals surface area (Å²) in [4.78, 5) is 32.2. The normalized spacial score (nSPS) is 18.7. The van der Waals surface area contributed by atoms with E-state index in [2.05, 4.69) is 31.4 Å². The van der Waals surface area contributed by atoms with Gasteiger partial charge in [-0.05, 0) is 35.4 Å². The summed E-state index contributed by atoms with van der Waals surface area (Å²) in [5, 5.41) is 4.19. The van der Waals surface area contributed by atoms with E-state index in [-0.39, 0.29) is 11.7 Å². The molecule has 3 amide bonds. The summed E-state index contributed by atoms with van der Waals surface area (Å²) in [7, 11) is 3.04. The summed E-state index contributed by atoms with van der Waals surface area (Å²) in [6.07, 6.45) is 1.52. The van der Waals surface area contributed by atoms with E-state index in [1.54, 1.807) is 23.8 Å². The van der Waals surface area contributed by atoms with Crippen molar-refractivity contribution in [2.75, 3.05) is 14.1 Å². The zero-order valence-electron chi connectivity index (χ0n) is 16.8. The van der Waals surface area contributed by atoms with Crippen LogP contribution in [0.4, 0.5) is 9.18 Å². The van der Waals surface area contributed by atoms with Crippen LogP contribution in [0.3, 0.4) is 0 Å². The van der Waals surface area contributed by atoms with Gasteiger partial charge in [0, 0.05) is 18.6 Å². The van der Waals surface area contributed by atoms with Crippen LogP contribution in [0.25, 0.3) is 0 Å². The number of rotatable bonds is 4. The van der Waals surface area contributed by atoms with Crippen molar-refractivity contribution < 1.29 is 18.6 Å². The molecule has 0 aromatic heterocycles. The topological polar surface area (TPSA) is 80.4 Å². The van der Waals surface area contributed by atoms with Crippen molar-refractivity contribution in [3.8, 4) is 0 Å². The van der Waals surface area contributed by atoms with Crippen molar-refractivity contribution >= 4 is 45.9 Å². The first kappa shape index (κ1) is 20.9. The number of nitrogens with zero attached hydrogens (tertiary/aromatic N) is 5. The van der Waals surface area contributed by atoms with Crippen LogP contribution in [0.15, 0.2) is 63.1 Å². The fourth-order valence-electron chi connectivity index (χ4n) is 3.35. The SMILES string of the molecule is CN1C(=O)C2C(=NC(N/N=C/c3ccc(F)cc3)=[N+]2Cc2ccc(Br)cc2)N(C)C1=O. The number of nitrogens with one attached hydrogen (secondary N) is 1. The molecule has 2 aliphatic heterocycles. The number of amides is 3. The molecule has 1 N–H and O–H groups in total. The Labute approximate surface area is 186 Å². The van der Waals surface area contributed by atoms with Crippen molar-refractivity contribution in [1.29, 1.82) is 0 Å². The Balaban J connectivity index is 1.67. The van der Waals surface area contributed by atoms with Crippen LogP contribution in [0.2, 0.25) is 0 Å². The molecule has 31 heavy (non-hydrogen) atoms. The van der Waals surface area contributed by atoms with Gasteiger partial charge in [-0.2, -0.15) is 5.43 Å².